The highest BCUT2D eigenvalue weighted by atomic mass is 35.5. The van der Waals surface area contributed by atoms with Crippen LogP contribution < -0.4 is 5.32 Å². The second-order valence-corrected chi connectivity index (χ2v) is 9.93. The minimum atomic E-state index is -3.63. The van der Waals surface area contributed by atoms with Gasteiger partial charge < -0.3 is 9.73 Å². The minimum Gasteiger partial charge on any atom is -0.415 e. The molecular weight excluding hydrogens is 424 g/mol. The number of guanidine groups is 1. The molecule has 0 aliphatic carbocycles. The van der Waals surface area contributed by atoms with Crippen molar-refractivity contribution < 1.29 is 12.8 Å². The number of halogens is 1. The summed E-state index contributed by atoms with van der Waals surface area (Å²) in [5, 5.41) is 19.4. The zero-order valence-electron chi connectivity index (χ0n) is 14.8. The van der Waals surface area contributed by atoms with Gasteiger partial charge in [0.25, 0.3) is 5.89 Å². The lowest BCUT2D eigenvalue weighted by Crippen LogP contribution is -2.60. The smallest absolute Gasteiger partial charge is 0.258 e. The van der Waals surface area contributed by atoms with Crippen molar-refractivity contribution in [2.24, 2.45) is 0 Å². The first-order valence-corrected chi connectivity index (χ1v) is 10.9. The van der Waals surface area contributed by atoms with Crippen molar-refractivity contribution in [3.8, 4) is 22.2 Å². The van der Waals surface area contributed by atoms with Crippen LogP contribution in [0.25, 0.3) is 22.2 Å². The average molecular weight is 439 g/mol. The lowest BCUT2D eigenvalue weighted by atomic mass is 10.0. The van der Waals surface area contributed by atoms with E-state index in [-0.39, 0.29) is 17.6 Å². The zero-order valence-corrected chi connectivity index (χ0v) is 17.2. The minimum absolute atomic E-state index is 0.211. The molecule has 0 radical (unpaired) electrons. The van der Waals surface area contributed by atoms with Crippen molar-refractivity contribution in [2.45, 2.75) is 12.5 Å². The summed E-state index contributed by atoms with van der Waals surface area (Å²) < 4.78 is 31.4. The summed E-state index contributed by atoms with van der Waals surface area (Å²) in [4.78, 5) is 5.14. The topological polar surface area (TPSA) is 125 Å². The molecule has 3 aromatic rings. The van der Waals surface area contributed by atoms with Gasteiger partial charge in [-0.25, -0.2) is 12.7 Å². The van der Waals surface area contributed by atoms with Crippen molar-refractivity contribution >= 4 is 38.9 Å². The van der Waals surface area contributed by atoms with Crippen LogP contribution >= 0.6 is 22.9 Å². The molecule has 0 amide bonds. The van der Waals surface area contributed by atoms with Crippen molar-refractivity contribution in [1.82, 2.24) is 24.8 Å². The highest BCUT2D eigenvalue weighted by Crippen LogP contribution is 2.42. The Bertz CT molecular complexity index is 1160. The maximum atomic E-state index is 12.4. The summed E-state index contributed by atoms with van der Waals surface area (Å²) in [6, 6.07) is 5.17. The standard InChI is InChI=1S/C16H15ClN6O3S2/c1-16(8-28(24,25)23(2)15(18)20-16)12-10(17)7-11(27-12)14-22-21-13(26-14)9-3-5-19-6-4-9/h3-7H,8H2,1-2H3,(H2,18,20)/t16-/m0/s1. The van der Waals surface area contributed by atoms with Crippen molar-refractivity contribution in [3.05, 3.63) is 40.5 Å². The van der Waals surface area contributed by atoms with Gasteiger partial charge in [0, 0.05) is 25.0 Å². The number of sulfonamides is 1. The summed E-state index contributed by atoms with van der Waals surface area (Å²) in [6.07, 6.45) is 3.25. The molecule has 4 heterocycles. The van der Waals surface area contributed by atoms with Gasteiger partial charge in [0.05, 0.1) is 26.1 Å². The van der Waals surface area contributed by atoms with Crippen LogP contribution in [0.2, 0.25) is 5.02 Å². The van der Waals surface area contributed by atoms with Gasteiger partial charge in [-0.2, -0.15) is 0 Å². The van der Waals surface area contributed by atoms with Gasteiger partial charge in [0.15, 0.2) is 0 Å². The molecule has 0 spiro atoms. The highest BCUT2D eigenvalue weighted by molar-refractivity contribution is 7.89. The number of pyridine rings is 1. The van der Waals surface area contributed by atoms with E-state index in [1.807, 2.05) is 0 Å². The molecule has 0 aromatic carbocycles. The molecule has 1 fully saturated rings. The maximum absolute atomic E-state index is 12.4. The Morgan fingerprint density at radius 2 is 2.00 bits per heavy atom. The first kappa shape index (κ1) is 18.8. The van der Waals surface area contributed by atoms with E-state index < -0.39 is 15.6 Å². The predicted molar refractivity (Wildman–Crippen MR) is 106 cm³/mol. The van der Waals surface area contributed by atoms with Crippen LogP contribution in [0, 0.1) is 5.41 Å². The molecular formula is C16H15ClN6O3S2. The molecule has 0 unspecified atom stereocenters. The van der Waals surface area contributed by atoms with Crippen molar-refractivity contribution in [1.29, 1.82) is 5.41 Å². The zero-order chi connectivity index (χ0) is 20.1. The van der Waals surface area contributed by atoms with Gasteiger partial charge >= 0.3 is 0 Å². The Morgan fingerprint density at radius 1 is 1.32 bits per heavy atom. The van der Waals surface area contributed by atoms with Gasteiger partial charge in [-0.1, -0.05) is 11.6 Å². The van der Waals surface area contributed by atoms with E-state index in [4.69, 9.17) is 21.4 Å². The van der Waals surface area contributed by atoms with Crippen LogP contribution in [0.15, 0.2) is 35.0 Å². The number of nitrogens with zero attached hydrogens (tertiary/aromatic N) is 4. The molecule has 28 heavy (non-hydrogen) atoms. The van der Waals surface area contributed by atoms with Crippen LogP contribution in [0.3, 0.4) is 0 Å². The van der Waals surface area contributed by atoms with Crippen LogP contribution in [0.4, 0.5) is 0 Å². The van der Waals surface area contributed by atoms with E-state index in [0.717, 1.165) is 9.87 Å². The number of aromatic nitrogens is 3. The Morgan fingerprint density at radius 3 is 2.68 bits per heavy atom. The van der Waals surface area contributed by atoms with Gasteiger partial charge in [-0.3, -0.25) is 10.4 Å². The summed E-state index contributed by atoms with van der Waals surface area (Å²) in [6.45, 7) is 1.70. The number of rotatable bonds is 3. The number of hydrogen-bond donors (Lipinski definition) is 2. The molecule has 0 saturated carbocycles. The fraction of sp³-hybridized carbons (Fsp3) is 0.250. The number of hydrogen-bond acceptors (Lipinski definition) is 8. The Kier molecular flexibility index (Phi) is 4.40. The molecule has 1 atom stereocenters. The van der Waals surface area contributed by atoms with Crippen LogP contribution in [-0.4, -0.2) is 46.7 Å². The molecule has 1 saturated heterocycles. The lowest BCUT2D eigenvalue weighted by molar-refractivity contribution is 0.424. The van der Waals surface area contributed by atoms with Crippen LogP contribution in [0.5, 0.6) is 0 Å². The third kappa shape index (κ3) is 3.15. The van der Waals surface area contributed by atoms with Gasteiger partial charge in [0.2, 0.25) is 21.9 Å². The van der Waals surface area contributed by atoms with Gasteiger partial charge in [0.1, 0.15) is 0 Å². The molecule has 4 rings (SSSR count). The third-order valence-electron chi connectivity index (χ3n) is 4.35. The van der Waals surface area contributed by atoms with Crippen LogP contribution in [-0.2, 0) is 15.6 Å². The summed E-state index contributed by atoms with van der Waals surface area (Å²) >= 11 is 7.66. The summed E-state index contributed by atoms with van der Waals surface area (Å²) in [7, 11) is -2.30. The molecule has 1 aliphatic heterocycles. The summed E-state index contributed by atoms with van der Waals surface area (Å²) in [5.41, 5.74) is -0.309. The molecule has 1 aliphatic rings. The molecule has 12 heteroatoms. The molecule has 2 N–H and O–H groups in total. The second kappa shape index (κ2) is 6.54. The molecule has 9 nitrogen and oxygen atoms in total. The van der Waals surface area contributed by atoms with Crippen molar-refractivity contribution in [3.63, 3.8) is 0 Å². The van der Waals surface area contributed by atoms with E-state index in [9.17, 15) is 8.42 Å². The second-order valence-electron chi connectivity index (χ2n) is 6.47. The fourth-order valence-electron chi connectivity index (χ4n) is 2.88. The predicted octanol–water partition coefficient (Wildman–Crippen LogP) is 2.53. The number of thiophene rings is 1. The van der Waals surface area contributed by atoms with E-state index in [1.54, 1.807) is 37.5 Å². The maximum Gasteiger partial charge on any atom is 0.258 e. The Labute approximate surface area is 169 Å². The first-order chi connectivity index (χ1) is 13.2. The largest absolute Gasteiger partial charge is 0.415 e. The van der Waals surface area contributed by atoms with E-state index in [0.29, 0.717) is 20.7 Å². The van der Waals surface area contributed by atoms with E-state index >= 15 is 0 Å². The highest BCUT2D eigenvalue weighted by Gasteiger charge is 2.44. The van der Waals surface area contributed by atoms with Crippen LogP contribution in [0.1, 0.15) is 11.8 Å². The van der Waals surface area contributed by atoms with Gasteiger partial charge in [-0.15, -0.1) is 21.5 Å². The van der Waals surface area contributed by atoms with Gasteiger partial charge in [-0.05, 0) is 25.1 Å². The average Bonchev–Trinajstić information content (AvgIpc) is 3.27. The monoisotopic (exact) mass is 438 g/mol. The summed E-state index contributed by atoms with van der Waals surface area (Å²) in [5.74, 6) is 0.179. The molecule has 3 aromatic heterocycles. The number of nitrogens with one attached hydrogen (secondary N) is 2. The lowest BCUT2D eigenvalue weighted by Gasteiger charge is -2.39. The molecule has 0 bridgehead atoms. The SMILES string of the molecule is CN1C(=N)N[C@](C)(c2sc(-c3nnc(-c4ccncc4)o3)cc2Cl)CS1(=O)=O. The quantitative estimate of drug-likeness (QED) is 0.643. The Balaban J connectivity index is 1.70. The normalized spacial score (nSPS) is 21.5. The van der Waals surface area contributed by atoms with Crippen molar-refractivity contribution in [2.75, 3.05) is 12.8 Å². The fourth-order valence-corrected chi connectivity index (χ4v) is 6.01. The molecule has 146 valence electrons. The Hall–Kier alpha value is -2.50. The van der Waals surface area contributed by atoms with E-state index in [1.165, 1.54) is 18.4 Å². The first-order valence-electron chi connectivity index (χ1n) is 8.07. The third-order valence-corrected chi connectivity index (χ3v) is 8.10. The van der Waals surface area contributed by atoms with E-state index in [2.05, 4.69) is 20.5 Å².